The predicted molar refractivity (Wildman–Crippen MR) is 174 cm³/mol. The first kappa shape index (κ1) is 23.7. The molecule has 43 heavy (non-hydrogen) atoms. The Hall–Kier alpha value is -5.94. The highest BCUT2D eigenvalue weighted by atomic mass is 16.3. The molecule has 0 saturated heterocycles. The van der Waals surface area contributed by atoms with Crippen LogP contribution in [-0.4, -0.2) is 9.97 Å². The molecule has 0 bridgehead atoms. The van der Waals surface area contributed by atoms with E-state index in [1.54, 1.807) is 12.4 Å². The quantitative estimate of drug-likeness (QED) is 0.217. The molecule has 5 heteroatoms. The van der Waals surface area contributed by atoms with Gasteiger partial charge in [-0.1, -0.05) is 72.8 Å². The topological polar surface area (TPSA) is 55.3 Å². The number of anilines is 3. The van der Waals surface area contributed by atoms with Crippen LogP contribution in [0.25, 0.3) is 65.8 Å². The lowest BCUT2D eigenvalue weighted by Crippen LogP contribution is -2.11. The molecular formula is C38H23N3O2. The van der Waals surface area contributed by atoms with Gasteiger partial charge in [-0.15, -0.1) is 0 Å². The van der Waals surface area contributed by atoms with Crippen molar-refractivity contribution in [3.63, 3.8) is 0 Å². The first-order valence-electron chi connectivity index (χ1n) is 14.2. The Balaban J connectivity index is 1.44. The molecule has 0 fully saturated rings. The smallest absolute Gasteiger partial charge is 0.159 e. The van der Waals surface area contributed by atoms with E-state index in [2.05, 4.69) is 99.8 Å². The zero-order chi connectivity index (χ0) is 28.3. The van der Waals surface area contributed by atoms with Crippen LogP contribution in [0.1, 0.15) is 0 Å². The van der Waals surface area contributed by atoms with Gasteiger partial charge in [0.15, 0.2) is 11.2 Å². The number of fused-ring (bicyclic) bond motifs is 7. The van der Waals surface area contributed by atoms with E-state index in [0.29, 0.717) is 0 Å². The number of aromatic nitrogens is 2. The van der Waals surface area contributed by atoms with Crippen LogP contribution in [0.4, 0.5) is 17.1 Å². The summed E-state index contributed by atoms with van der Waals surface area (Å²) in [4.78, 5) is 11.1. The lowest BCUT2D eigenvalue weighted by molar-refractivity contribution is 0.666. The molecule has 4 aromatic heterocycles. The van der Waals surface area contributed by atoms with E-state index in [1.165, 1.54) is 0 Å². The van der Waals surface area contributed by atoms with Crippen molar-refractivity contribution < 1.29 is 8.83 Å². The normalized spacial score (nSPS) is 11.7. The highest BCUT2D eigenvalue weighted by Gasteiger charge is 2.25. The Bertz CT molecular complexity index is 2480. The molecule has 0 aliphatic rings. The molecular weight excluding hydrogens is 530 g/mol. The van der Waals surface area contributed by atoms with Crippen molar-refractivity contribution in [1.29, 1.82) is 0 Å². The number of hydrogen-bond acceptors (Lipinski definition) is 5. The third-order valence-corrected chi connectivity index (χ3v) is 8.23. The summed E-state index contributed by atoms with van der Waals surface area (Å²) in [7, 11) is 0. The highest BCUT2D eigenvalue weighted by molar-refractivity contribution is 6.17. The molecule has 4 heterocycles. The molecule has 9 aromatic rings. The Labute approximate surface area is 246 Å². The van der Waals surface area contributed by atoms with Crippen molar-refractivity contribution in [2.45, 2.75) is 0 Å². The van der Waals surface area contributed by atoms with Gasteiger partial charge in [0.1, 0.15) is 11.2 Å². The van der Waals surface area contributed by atoms with E-state index >= 15 is 0 Å². The van der Waals surface area contributed by atoms with Crippen molar-refractivity contribution in [1.82, 2.24) is 9.97 Å². The van der Waals surface area contributed by atoms with Crippen LogP contribution in [0, 0.1) is 0 Å². The third-order valence-electron chi connectivity index (χ3n) is 8.23. The Morgan fingerprint density at radius 2 is 1.26 bits per heavy atom. The number of benzene rings is 5. The second-order valence-electron chi connectivity index (χ2n) is 10.7. The summed E-state index contributed by atoms with van der Waals surface area (Å²) in [5, 5.41) is 6.30. The Morgan fingerprint density at radius 1 is 0.465 bits per heavy atom. The number of furan rings is 2. The van der Waals surface area contributed by atoms with Gasteiger partial charge in [0.25, 0.3) is 0 Å². The summed E-state index contributed by atoms with van der Waals surface area (Å²) in [6.45, 7) is 0. The van der Waals surface area contributed by atoms with Crippen molar-refractivity contribution in [3.05, 3.63) is 140 Å². The summed E-state index contributed by atoms with van der Waals surface area (Å²) >= 11 is 0. The summed E-state index contributed by atoms with van der Waals surface area (Å²) in [5.74, 6) is 0. The van der Waals surface area contributed by atoms with Crippen LogP contribution in [-0.2, 0) is 0 Å². The van der Waals surface area contributed by atoms with Gasteiger partial charge in [0, 0.05) is 40.1 Å². The maximum Gasteiger partial charge on any atom is 0.159 e. The lowest BCUT2D eigenvalue weighted by atomic mass is 9.98. The molecule has 0 atom stereocenters. The average molecular weight is 554 g/mol. The second kappa shape index (κ2) is 9.29. The van der Waals surface area contributed by atoms with Gasteiger partial charge < -0.3 is 13.7 Å². The summed E-state index contributed by atoms with van der Waals surface area (Å²) < 4.78 is 12.9. The fraction of sp³-hybridized carbons (Fsp3) is 0. The molecule has 0 spiro atoms. The standard InChI is InChI=1S/C38H23N3O2/c1-2-8-24(9-3-1)26-20-25-10-4-5-11-27(25)33(21-26)41(31-13-7-15-35-37(31)30-22-39-19-17-34(30)42-35)32-14-6-12-29-28-16-18-40-23-36(28)43-38(29)32/h1-23H. The predicted octanol–water partition coefficient (Wildman–Crippen LogP) is 10.6. The van der Waals surface area contributed by atoms with Crippen LogP contribution < -0.4 is 4.90 Å². The number of nitrogens with zero attached hydrogens (tertiary/aromatic N) is 3. The van der Waals surface area contributed by atoms with Gasteiger partial charge in [0.05, 0.1) is 28.6 Å². The van der Waals surface area contributed by atoms with Crippen LogP contribution in [0.2, 0.25) is 0 Å². The SMILES string of the molecule is c1ccc(-c2cc(N(c3cccc4c3oc3cnccc34)c3cccc4oc5ccncc5c34)c3ccccc3c2)cc1. The van der Waals surface area contributed by atoms with E-state index < -0.39 is 0 Å². The van der Waals surface area contributed by atoms with Crippen molar-refractivity contribution >= 4 is 71.7 Å². The van der Waals surface area contributed by atoms with Crippen molar-refractivity contribution in [2.75, 3.05) is 4.90 Å². The summed E-state index contributed by atoms with van der Waals surface area (Å²) in [6, 6.07) is 40.1. The lowest BCUT2D eigenvalue weighted by Gasteiger charge is -2.28. The molecule has 0 unspecified atom stereocenters. The molecule has 0 aliphatic carbocycles. The van der Waals surface area contributed by atoms with Gasteiger partial charge >= 0.3 is 0 Å². The molecule has 5 aromatic carbocycles. The van der Waals surface area contributed by atoms with E-state index in [9.17, 15) is 0 Å². The fourth-order valence-corrected chi connectivity index (χ4v) is 6.31. The van der Waals surface area contributed by atoms with Crippen molar-refractivity contribution in [2.24, 2.45) is 0 Å². The van der Waals surface area contributed by atoms with Crippen LogP contribution in [0.5, 0.6) is 0 Å². The fourth-order valence-electron chi connectivity index (χ4n) is 6.31. The molecule has 9 rings (SSSR count). The van der Waals surface area contributed by atoms with Gasteiger partial charge in [0.2, 0.25) is 0 Å². The van der Waals surface area contributed by atoms with Gasteiger partial charge in [-0.2, -0.15) is 0 Å². The minimum atomic E-state index is 0.754. The maximum absolute atomic E-state index is 6.58. The molecule has 0 saturated carbocycles. The first-order valence-corrected chi connectivity index (χ1v) is 14.2. The minimum absolute atomic E-state index is 0.754. The molecule has 202 valence electrons. The van der Waals surface area contributed by atoms with E-state index in [-0.39, 0.29) is 0 Å². The maximum atomic E-state index is 6.58. The average Bonchev–Trinajstić information content (AvgIpc) is 3.65. The molecule has 5 nitrogen and oxygen atoms in total. The minimum Gasteiger partial charge on any atom is -0.456 e. The van der Waals surface area contributed by atoms with Gasteiger partial charge in [-0.25, -0.2) is 0 Å². The van der Waals surface area contributed by atoms with Gasteiger partial charge in [-0.05, 0) is 59.0 Å². The number of hydrogen-bond donors (Lipinski definition) is 0. The van der Waals surface area contributed by atoms with E-state index in [1.807, 2.05) is 42.7 Å². The summed E-state index contributed by atoms with van der Waals surface area (Å²) in [5.41, 5.74) is 8.37. The molecule has 0 aliphatic heterocycles. The van der Waals surface area contributed by atoms with E-state index in [4.69, 9.17) is 8.83 Å². The molecule has 0 amide bonds. The van der Waals surface area contributed by atoms with Crippen LogP contribution in [0.3, 0.4) is 0 Å². The molecule has 0 radical (unpaired) electrons. The first-order chi connectivity index (χ1) is 21.3. The Morgan fingerprint density at radius 3 is 2.21 bits per heavy atom. The second-order valence-corrected chi connectivity index (χ2v) is 10.7. The Kier molecular flexibility index (Phi) is 5.13. The zero-order valence-electron chi connectivity index (χ0n) is 22.9. The van der Waals surface area contributed by atoms with E-state index in [0.717, 1.165) is 82.8 Å². The van der Waals surface area contributed by atoms with Crippen LogP contribution >= 0.6 is 0 Å². The van der Waals surface area contributed by atoms with Crippen molar-refractivity contribution in [3.8, 4) is 11.1 Å². The number of rotatable bonds is 4. The monoisotopic (exact) mass is 553 g/mol. The third kappa shape index (κ3) is 3.65. The zero-order valence-corrected chi connectivity index (χ0v) is 22.9. The molecule has 0 N–H and O–H groups in total. The largest absolute Gasteiger partial charge is 0.456 e. The summed E-state index contributed by atoms with van der Waals surface area (Å²) in [6.07, 6.45) is 7.24. The number of pyridine rings is 2. The van der Waals surface area contributed by atoms with Gasteiger partial charge in [-0.3, -0.25) is 9.97 Å². The van der Waals surface area contributed by atoms with Crippen LogP contribution in [0.15, 0.2) is 149 Å². The number of para-hydroxylation sites is 1. The highest BCUT2D eigenvalue weighted by Crippen LogP contribution is 2.48.